The number of hydrogen-bond donors (Lipinski definition) is 1. The van der Waals surface area contributed by atoms with Gasteiger partial charge in [-0.25, -0.2) is 13.1 Å². The molecule has 1 N–H and O–H groups in total. The van der Waals surface area contributed by atoms with Gasteiger partial charge in [-0.15, -0.1) is 23.2 Å². The lowest BCUT2D eigenvalue weighted by Gasteiger charge is -2.07. The third-order valence-corrected chi connectivity index (χ3v) is 5.28. The molecule has 0 bridgehead atoms. The van der Waals surface area contributed by atoms with Crippen LogP contribution in [0.3, 0.4) is 0 Å². The highest BCUT2D eigenvalue weighted by atomic mass is 35.5. The maximum atomic E-state index is 11.8. The van der Waals surface area contributed by atoms with Crippen LogP contribution in [0.25, 0.3) is 0 Å². The Balaban J connectivity index is 1.80. The van der Waals surface area contributed by atoms with Gasteiger partial charge in [-0.1, -0.05) is 0 Å². The SMILES string of the molecule is Cn1nccc1CS(=O)(=O)NCCC1CC1(Cl)Cl. The van der Waals surface area contributed by atoms with E-state index in [9.17, 15) is 8.42 Å². The van der Waals surface area contributed by atoms with Crippen LogP contribution in [0, 0.1) is 5.92 Å². The van der Waals surface area contributed by atoms with Crippen molar-refractivity contribution < 1.29 is 8.42 Å². The lowest BCUT2D eigenvalue weighted by atomic mass is 10.3. The summed E-state index contributed by atoms with van der Waals surface area (Å²) < 4.78 is 27.0. The normalized spacial score (nSPS) is 22.1. The number of halogens is 2. The van der Waals surface area contributed by atoms with Crippen LogP contribution in [0.4, 0.5) is 0 Å². The van der Waals surface area contributed by atoms with Crippen LogP contribution < -0.4 is 4.72 Å². The molecule has 0 radical (unpaired) electrons. The third kappa shape index (κ3) is 3.60. The second-order valence-electron chi connectivity index (χ2n) is 4.55. The minimum Gasteiger partial charge on any atom is -0.272 e. The highest BCUT2D eigenvalue weighted by Crippen LogP contribution is 2.54. The smallest absolute Gasteiger partial charge is 0.217 e. The first-order valence-corrected chi connectivity index (χ1v) is 8.03. The van der Waals surface area contributed by atoms with Crippen LogP contribution >= 0.6 is 23.2 Å². The molecular formula is C10H15Cl2N3O2S. The van der Waals surface area contributed by atoms with E-state index in [1.165, 1.54) is 0 Å². The Labute approximate surface area is 117 Å². The Morgan fingerprint density at radius 1 is 1.61 bits per heavy atom. The van der Waals surface area contributed by atoms with Crippen molar-refractivity contribution in [3.8, 4) is 0 Å². The molecule has 1 atom stereocenters. The van der Waals surface area contributed by atoms with Crippen molar-refractivity contribution in [2.45, 2.75) is 22.9 Å². The van der Waals surface area contributed by atoms with E-state index in [1.807, 2.05) is 0 Å². The molecule has 2 rings (SSSR count). The zero-order valence-corrected chi connectivity index (χ0v) is 12.3. The quantitative estimate of drug-likeness (QED) is 0.808. The zero-order valence-electron chi connectivity index (χ0n) is 9.94. The van der Waals surface area contributed by atoms with E-state index in [2.05, 4.69) is 9.82 Å². The number of aromatic nitrogens is 2. The number of alkyl halides is 2. The maximum absolute atomic E-state index is 11.8. The van der Waals surface area contributed by atoms with Gasteiger partial charge in [0, 0.05) is 19.8 Å². The molecule has 8 heteroatoms. The Morgan fingerprint density at radius 2 is 2.28 bits per heavy atom. The van der Waals surface area contributed by atoms with Crippen molar-refractivity contribution in [3.05, 3.63) is 18.0 Å². The van der Waals surface area contributed by atoms with Crippen LogP contribution in [0.1, 0.15) is 18.5 Å². The predicted octanol–water partition coefficient (Wildman–Crippen LogP) is 1.42. The Morgan fingerprint density at radius 3 is 2.78 bits per heavy atom. The molecule has 1 unspecified atom stereocenters. The van der Waals surface area contributed by atoms with E-state index < -0.39 is 14.4 Å². The monoisotopic (exact) mass is 311 g/mol. The van der Waals surface area contributed by atoms with Gasteiger partial charge >= 0.3 is 0 Å². The first kappa shape index (κ1) is 14.1. The van der Waals surface area contributed by atoms with Crippen LogP contribution in [-0.4, -0.2) is 29.1 Å². The molecule has 0 saturated heterocycles. The van der Waals surface area contributed by atoms with Crippen molar-refractivity contribution in [2.75, 3.05) is 6.54 Å². The average molecular weight is 312 g/mol. The van der Waals surface area contributed by atoms with Gasteiger partial charge in [0.25, 0.3) is 0 Å². The minimum atomic E-state index is -3.33. The molecule has 1 aliphatic carbocycles. The molecule has 1 aromatic rings. The highest BCUT2D eigenvalue weighted by molar-refractivity contribution is 7.88. The fourth-order valence-electron chi connectivity index (χ4n) is 1.76. The number of sulfonamides is 1. The van der Waals surface area contributed by atoms with Crippen LogP contribution in [0.15, 0.2) is 12.3 Å². The lowest BCUT2D eigenvalue weighted by Crippen LogP contribution is -2.27. The molecule has 1 heterocycles. The van der Waals surface area contributed by atoms with E-state index in [-0.39, 0.29) is 11.7 Å². The molecule has 102 valence electrons. The number of nitrogens with zero attached hydrogens (tertiary/aromatic N) is 2. The van der Waals surface area contributed by atoms with E-state index in [0.29, 0.717) is 18.7 Å². The molecule has 1 aromatic heterocycles. The van der Waals surface area contributed by atoms with E-state index >= 15 is 0 Å². The molecule has 1 fully saturated rings. The molecule has 0 aromatic carbocycles. The van der Waals surface area contributed by atoms with Crippen LogP contribution in [0.5, 0.6) is 0 Å². The fraction of sp³-hybridized carbons (Fsp3) is 0.700. The molecule has 1 saturated carbocycles. The molecule has 18 heavy (non-hydrogen) atoms. The average Bonchev–Trinajstić information content (AvgIpc) is 2.63. The van der Waals surface area contributed by atoms with Crippen molar-refractivity contribution in [1.82, 2.24) is 14.5 Å². The highest BCUT2D eigenvalue weighted by Gasteiger charge is 2.50. The second kappa shape index (κ2) is 5.00. The van der Waals surface area contributed by atoms with Crippen LogP contribution in [-0.2, 0) is 22.8 Å². The van der Waals surface area contributed by atoms with E-state index in [4.69, 9.17) is 23.2 Å². The first-order valence-electron chi connectivity index (χ1n) is 5.62. The summed E-state index contributed by atoms with van der Waals surface area (Å²) in [6.45, 7) is 0.367. The summed E-state index contributed by atoms with van der Waals surface area (Å²) in [7, 11) is -1.62. The third-order valence-electron chi connectivity index (χ3n) is 3.03. The topological polar surface area (TPSA) is 64.0 Å². The maximum Gasteiger partial charge on any atom is 0.217 e. The Bertz CT molecular complexity index is 527. The number of nitrogens with one attached hydrogen (secondary N) is 1. The molecule has 5 nitrogen and oxygen atoms in total. The van der Waals surface area contributed by atoms with Gasteiger partial charge in [0.1, 0.15) is 10.1 Å². The Kier molecular flexibility index (Phi) is 3.92. The first-order chi connectivity index (χ1) is 8.30. The summed E-state index contributed by atoms with van der Waals surface area (Å²) >= 11 is 11.7. The van der Waals surface area contributed by atoms with Gasteiger partial charge in [0.2, 0.25) is 10.0 Å². The summed E-state index contributed by atoms with van der Waals surface area (Å²) in [5.74, 6) is 0.126. The standard InChI is InChI=1S/C10H15Cl2N3O2S/c1-15-9(3-4-13-15)7-18(16,17)14-5-2-8-6-10(8,11)12/h3-4,8,14H,2,5-7H2,1H3. The van der Waals surface area contributed by atoms with Gasteiger partial charge in [-0.2, -0.15) is 5.10 Å². The summed E-state index contributed by atoms with van der Waals surface area (Å²) in [6.07, 6.45) is 2.97. The number of hydrogen-bond acceptors (Lipinski definition) is 3. The van der Waals surface area contributed by atoms with Crippen molar-refractivity contribution in [2.24, 2.45) is 13.0 Å². The fourth-order valence-corrected chi connectivity index (χ4v) is 3.55. The van der Waals surface area contributed by atoms with Crippen LogP contribution in [0.2, 0.25) is 0 Å². The minimum absolute atomic E-state index is 0.0684. The van der Waals surface area contributed by atoms with Gasteiger partial charge in [-0.05, 0) is 24.8 Å². The summed E-state index contributed by atoms with van der Waals surface area (Å²) in [5.41, 5.74) is 0.651. The summed E-state index contributed by atoms with van der Waals surface area (Å²) in [6, 6.07) is 1.68. The second-order valence-corrected chi connectivity index (χ2v) is 7.90. The molecular weight excluding hydrogens is 297 g/mol. The lowest BCUT2D eigenvalue weighted by molar-refractivity contribution is 0.571. The predicted molar refractivity (Wildman–Crippen MR) is 71.0 cm³/mol. The van der Waals surface area contributed by atoms with E-state index in [0.717, 1.165) is 6.42 Å². The van der Waals surface area contributed by atoms with E-state index in [1.54, 1.807) is 24.0 Å². The number of aryl methyl sites for hydroxylation is 1. The van der Waals surface area contributed by atoms with Gasteiger partial charge in [0.05, 0.1) is 5.69 Å². The molecule has 0 amide bonds. The number of rotatable bonds is 6. The molecule has 0 aliphatic heterocycles. The van der Waals surface area contributed by atoms with Crippen molar-refractivity contribution in [1.29, 1.82) is 0 Å². The molecule has 1 aliphatic rings. The van der Waals surface area contributed by atoms with Gasteiger partial charge in [-0.3, -0.25) is 4.68 Å². The Hall–Kier alpha value is -0.300. The van der Waals surface area contributed by atoms with Crippen molar-refractivity contribution >= 4 is 33.2 Å². The summed E-state index contributed by atoms with van der Waals surface area (Å²) in [4.78, 5) is 0. The van der Waals surface area contributed by atoms with Gasteiger partial charge < -0.3 is 0 Å². The van der Waals surface area contributed by atoms with Gasteiger partial charge in [0.15, 0.2) is 0 Å². The molecule has 0 spiro atoms. The van der Waals surface area contributed by atoms with Crippen molar-refractivity contribution in [3.63, 3.8) is 0 Å². The largest absolute Gasteiger partial charge is 0.272 e. The summed E-state index contributed by atoms with van der Waals surface area (Å²) in [5, 5.41) is 3.93. The zero-order chi connectivity index (χ0) is 13.4.